The normalized spacial score (nSPS) is 11.7. The van der Waals surface area contributed by atoms with E-state index >= 15 is 0 Å². The third-order valence-corrected chi connectivity index (χ3v) is 2.83. The molecule has 0 bridgehead atoms. The van der Waals surface area contributed by atoms with E-state index < -0.39 is 11.8 Å². The summed E-state index contributed by atoms with van der Waals surface area (Å²) in [7, 11) is 0. The number of carbonyl (C=O) groups excluding carboxylic acids is 2. The summed E-state index contributed by atoms with van der Waals surface area (Å²) in [6.45, 7) is 3.79. The van der Waals surface area contributed by atoms with Crippen molar-refractivity contribution in [2.24, 2.45) is 0 Å². The van der Waals surface area contributed by atoms with Crippen molar-refractivity contribution < 1.29 is 9.59 Å². The molecule has 0 saturated carbocycles. The van der Waals surface area contributed by atoms with Crippen LogP contribution < -0.4 is 10.6 Å². The van der Waals surface area contributed by atoms with Crippen molar-refractivity contribution >= 4 is 33.4 Å². The number of hydrogen-bond donors (Lipinski definition) is 2. The van der Waals surface area contributed by atoms with Crippen LogP contribution in [0.5, 0.6) is 0 Å². The van der Waals surface area contributed by atoms with Gasteiger partial charge >= 0.3 is 11.8 Å². The van der Waals surface area contributed by atoms with Crippen LogP contribution in [-0.2, 0) is 9.59 Å². The van der Waals surface area contributed by atoms with Gasteiger partial charge in [0.2, 0.25) is 0 Å². The Balaban J connectivity index is 2.54. The van der Waals surface area contributed by atoms with Crippen molar-refractivity contribution in [3.05, 3.63) is 28.7 Å². The Hall–Kier alpha value is -1.36. The van der Waals surface area contributed by atoms with Crippen molar-refractivity contribution in [2.75, 3.05) is 5.32 Å². The van der Waals surface area contributed by atoms with Gasteiger partial charge in [-0.05, 0) is 37.6 Å². The van der Waals surface area contributed by atoms with Crippen LogP contribution >= 0.6 is 15.9 Å². The number of rotatable bonds is 3. The molecule has 1 aromatic rings. The summed E-state index contributed by atoms with van der Waals surface area (Å²) in [5.41, 5.74) is 0.595. The van der Waals surface area contributed by atoms with Gasteiger partial charge in [0.15, 0.2) is 0 Å². The maximum atomic E-state index is 11.5. The molecule has 2 amide bonds. The molecule has 0 fully saturated rings. The van der Waals surface area contributed by atoms with Crippen molar-refractivity contribution in [2.45, 2.75) is 26.3 Å². The number of anilines is 1. The molecule has 2 N–H and O–H groups in total. The molecule has 0 spiro atoms. The van der Waals surface area contributed by atoms with Gasteiger partial charge in [-0.2, -0.15) is 0 Å². The van der Waals surface area contributed by atoms with Gasteiger partial charge in [-0.25, -0.2) is 0 Å². The van der Waals surface area contributed by atoms with Crippen LogP contribution in [0.3, 0.4) is 0 Å². The zero-order chi connectivity index (χ0) is 12.8. The Morgan fingerprint density at radius 2 is 1.82 bits per heavy atom. The predicted molar refractivity (Wildman–Crippen MR) is 70.7 cm³/mol. The minimum absolute atomic E-state index is 0.00170. The lowest BCUT2D eigenvalue weighted by Gasteiger charge is -2.11. The van der Waals surface area contributed by atoms with Crippen molar-refractivity contribution in [1.82, 2.24) is 5.32 Å². The summed E-state index contributed by atoms with van der Waals surface area (Å²) < 4.78 is 0.916. The van der Waals surface area contributed by atoms with Crippen LogP contribution in [0.1, 0.15) is 20.3 Å². The van der Waals surface area contributed by atoms with E-state index in [-0.39, 0.29) is 6.04 Å². The SMILES string of the molecule is CC[C@H](C)NC(=O)C(=O)Nc1ccc(Br)cc1. The number of benzene rings is 1. The highest BCUT2D eigenvalue weighted by molar-refractivity contribution is 9.10. The molecule has 1 rings (SSSR count). The third-order valence-electron chi connectivity index (χ3n) is 2.30. The van der Waals surface area contributed by atoms with E-state index in [1.807, 2.05) is 13.8 Å². The third kappa shape index (κ3) is 4.56. The Kier molecular flexibility index (Phi) is 5.15. The maximum absolute atomic E-state index is 11.5. The molecule has 17 heavy (non-hydrogen) atoms. The first-order valence-electron chi connectivity index (χ1n) is 5.40. The van der Waals surface area contributed by atoms with Gasteiger partial charge in [0.25, 0.3) is 0 Å². The van der Waals surface area contributed by atoms with E-state index in [0.717, 1.165) is 10.9 Å². The lowest BCUT2D eigenvalue weighted by atomic mass is 10.2. The summed E-state index contributed by atoms with van der Waals surface area (Å²) in [6.07, 6.45) is 0.789. The Morgan fingerprint density at radius 3 is 2.35 bits per heavy atom. The zero-order valence-corrected chi connectivity index (χ0v) is 11.4. The summed E-state index contributed by atoms with van der Waals surface area (Å²) in [6, 6.07) is 7.03. The lowest BCUT2D eigenvalue weighted by Crippen LogP contribution is -2.40. The Bertz CT molecular complexity index is 403. The summed E-state index contributed by atoms with van der Waals surface area (Å²) in [5, 5.41) is 5.13. The zero-order valence-electron chi connectivity index (χ0n) is 9.79. The highest BCUT2D eigenvalue weighted by Crippen LogP contribution is 2.13. The van der Waals surface area contributed by atoms with E-state index in [1.165, 1.54) is 0 Å². The second-order valence-electron chi connectivity index (χ2n) is 3.74. The lowest BCUT2D eigenvalue weighted by molar-refractivity contribution is -0.136. The minimum atomic E-state index is -0.646. The average Bonchev–Trinajstić information content (AvgIpc) is 2.31. The molecule has 0 aliphatic carbocycles. The number of carbonyl (C=O) groups is 2. The molecule has 0 saturated heterocycles. The molecule has 0 aliphatic heterocycles. The van der Waals surface area contributed by atoms with Gasteiger partial charge in [0, 0.05) is 16.2 Å². The molecule has 0 unspecified atom stereocenters. The summed E-state index contributed by atoms with van der Waals surface area (Å²) >= 11 is 3.29. The first-order chi connectivity index (χ1) is 8.02. The Morgan fingerprint density at radius 1 is 1.24 bits per heavy atom. The predicted octanol–water partition coefficient (Wildman–Crippen LogP) is 2.30. The van der Waals surface area contributed by atoms with Gasteiger partial charge in [0.05, 0.1) is 0 Å². The summed E-state index contributed by atoms with van der Waals surface area (Å²) in [5.74, 6) is -1.25. The quantitative estimate of drug-likeness (QED) is 0.841. The first-order valence-corrected chi connectivity index (χ1v) is 6.19. The molecule has 0 radical (unpaired) electrons. The fraction of sp³-hybridized carbons (Fsp3) is 0.333. The molecule has 5 heteroatoms. The maximum Gasteiger partial charge on any atom is 0.313 e. The number of hydrogen-bond acceptors (Lipinski definition) is 2. The molecule has 1 aromatic carbocycles. The Labute approximate surface area is 109 Å². The van der Waals surface area contributed by atoms with E-state index in [0.29, 0.717) is 5.69 Å². The van der Waals surface area contributed by atoms with Crippen LogP contribution in [0.2, 0.25) is 0 Å². The van der Waals surface area contributed by atoms with E-state index in [9.17, 15) is 9.59 Å². The van der Waals surface area contributed by atoms with Gasteiger partial charge in [-0.3, -0.25) is 9.59 Å². The monoisotopic (exact) mass is 298 g/mol. The summed E-state index contributed by atoms with van der Waals surface area (Å²) in [4.78, 5) is 23.0. The molecule has 4 nitrogen and oxygen atoms in total. The minimum Gasteiger partial charge on any atom is -0.345 e. The number of halogens is 1. The van der Waals surface area contributed by atoms with Crippen LogP contribution in [-0.4, -0.2) is 17.9 Å². The fourth-order valence-electron chi connectivity index (χ4n) is 1.11. The molecular weight excluding hydrogens is 284 g/mol. The van der Waals surface area contributed by atoms with Gasteiger partial charge in [0.1, 0.15) is 0 Å². The van der Waals surface area contributed by atoms with Crippen molar-refractivity contribution in [3.8, 4) is 0 Å². The van der Waals surface area contributed by atoms with Crippen LogP contribution in [0, 0.1) is 0 Å². The van der Waals surface area contributed by atoms with Crippen LogP contribution in [0.4, 0.5) is 5.69 Å². The molecule has 0 heterocycles. The van der Waals surface area contributed by atoms with E-state index in [2.05, 4.69) is 26.6 Å². The van der Waals surface area contributed by atoms with Crippen LogP contribution in [0.15, 0.2) is 28.7 Å². The molecule has 92 valence electrons. The second kappa shape index (κ2) is 6.39. The molecule has 0 aromatic heterocycles. The van der Waals surface area contributed by atoms with Crippen molar-refractivity contribution in [1.29, 1.82) is 0 Å². The largest absolute Gasteiger partial charge is 0.345 e. The number of nitrogens with one attached hydrogen (secondary N) is 2. The van der Waals surface area contributed by atoms with Gasteiger partial charge < -0.3 is 10.6 Å². The fourth-order valence-corrected chi connectivity index (χ4v) is 1.38. The van der Waals surface area contributed by atoms with E-state index in [1.54, 1.807) is 24.3 Å². The first kappa shape index (κ1) is 13.7. The van der Waals surface area contributed by atoms with Crippen LogP contribution in [0.25, 0.3) is 0 Å². The molecule has 1 atom stereocenters. The second-order valence-corrected chi connectivity index (χ2v) is 4.66. The average molecular weight is 299 g/mol. The van der Waals surface area contributed by atoms with Crippen molar-refractivity contribution in [3.63, 3.8) is 0 Å². The molecule has 0 aliphatic rings. The highest BCUT2D eigenvalue weighted by atomic mass is 79.9. The standard InChI is InChI=1S/C12H15BrN2O2/c1-3-8(2)14-11(16)12(17)15-10-6-4-9(13)5-7-10/h4-8H,3H2,1-2H3,(H,14,16)(H,15,17)/t8-/m0/s1. The molecular formula is C12H15BrN2O2. The highest BCUT2D eigenvalue weighted by Gasteiger charge is 2.15. The number of amides is 2. The van der Waals surface area contributed by atoms with Gasteiger partial charge in [-0.15, -0.1) is 0 Å². The smallest absolute Gasteiger partial charge is 0.313 e. The van der Waals surface area contributed by atoms with E-state index in [4.69, 9.17) is 0 Å². The topological polar surface area (TPSA) is 58.2 Å². The van der Waals surface area contributed by atoms with Gasteiger partial charge in [-0.1, -0.05) is 22.9 Å².